The third-order valence-corrected chi connectivity index (χ3v) is 3.62. The fourth-order valence-electron chi connectivity index (χ4n) is 2.42. The second-order valence-corrected chi connectivity index (χ2v) is 5.51. The normalized spacial score (nSPS) is 10.5. The summed E-state index contributed by atoms with van der Waals surface area (Å²) in [4.78, 5) is 28.2. The van der Waals surface area contributed by atoms with Crippen molar-refractivity contribution in [3.8, 4) is 0 Å². The monoisotopic (exact) mass is 322 g/mol. The van der Waals surface area contributed by atoms with Crippen LogP contribution in [0.25, 0.3) is 11.0 Å². The first-order chi connectivity index (χ1) is 11.6. The molecule has 2 amide bonds. The maximum absolute atomic E-state index is 12.0. The highest BCUT2D eigenvalue weighted by atomic mass is 16.2. The minimum atomic E-state index is -0.192. The lowest BCUT2D eigenvalue weighted by Crippen LogP contribution is -2.30. The van der Waals surface area contributed by atoms with Gasteiger partial charge >= 0.3 is 0 Å². The summed E-state index contributed by atoms with van der Waals surface area (Å²) < 4.78 is 1.58. The molecule has 0 aliphatic rings. The number of carbonyl (C=O) groups excluding carboxylic acids is 2. The van der Waals surface area contributed by atoms with Crippen LogP contribution in [-0.2, 0) is 4.79 Å². The SMILES string of the molecule is Cc1cccc(C(=O)NCCC(=O)Nn2cnc3ccccc32)c1. The van der Waals surface area contributed by atoms with E-state index >= 15 is 0 Å². The Morgan fingerprint density at radius 1 is 1.12 bits per heavy atom. The summed E-state index contributed by atoms with van der Waals surface area (Å²) in [5.74, 6) is -0.373. The summed E-state index contributed by atoms with van der Waals surface area (Å²) in [7, 11) is 0. The number of amides is 2. The van der Waals surface area contributed by atoms with Crippen LogP contribution < -0.4 is 10.7 Å². The van der Waals surface area contributed by atoms with E-state index in [1.807, 2.05) is 49.4 Å². The minimum absolute atomic E-state index is 0.181. The van der Waals surface area contributed by atoms with E-state index in [9.17, 15) is 9.59 Å². The summed E-state index contributed by atoms with van der Waals surface area (Å²) in [6.45, 7) is 2.20. The number of rotatable bonds is 5. The molecule has 1 heterocycles. The molecule has 122 valence electrons. The fourth-order valence-corrected chi connectivity index (χ4v) is 2.42. The van der Waals surface area contributed by atoms with Crippen molar-refractivity contribution in [1.82, 2.24) is 15.0 Å². The molecule has 6 nitrogen and oxygen atoms in total. The molecule has 0 fully saturated rings. The second kappa shape index (κ2) is 6.95. The van der Waals surface area contributed by atoms with Crippen molar-refractivity contribution in [2.24, 2.45) is 0 Å². The number of nitrogens with one attached hydrogen (secondary N) is 2. The van der Waals surface area contributed by atoms with Crippen LogP contribution in [0.5, 0.6) is 0 Å². The standard InChI is InChI=1S/C18H18N4O2/c1-13-5-4-6-14(11-13)18(24)19-10-9-17(23)21-22-12-20-15-7-2-3-8-16(15)22/h2-8,11-12H,9-10H2,1H3,(H,19,24)(H,21,23). The van der Waals surface area contributed by atoms with Crippen molar-refractivity contribution >= 4 is 22.8 Å². The quantitative estimate of drug-likeness (QED) is 0.756. The molecular formula is C18H18N4O2. The van der Waals surface area contributed by atoms with Crippen molar-refractivity contribution < 1.29 is 9.59 Å². The van der Waals surface area contributed by atoms with E-state index in [4.69, 9.17) is 0 Å². The van der Waals surface area contributed by atoms with Crippen molar-refractivity contribution in [2.75, 3.05) is 12.0 Å². The summed E-state index contributed by atoms with van der Waals surface area (Å²) in [5, 5.41) is 2.75. The van der Waals surface area contributed by atoms with Crippen molar-refractivity contribution in [3.63, 3.8) is 0 Å². The van der Waals surface area contributed by atoms with Crippen LogP contribution in [0, 0.1) is 6.92 Å². The van der Waals surface area contributed by atoms with E-state index in [-0.39, 0.29) is 24.8 Å². The van der Waals surface area contributed by atoms with Crippen LogP contribution in [0.1, 0.15) is 22.3 Å². The fraction of sp³-hybridized carbons (Fsp3) is 0.167. The summed E-state index contributed by atoms with van der Waals surface area (Å²) in [6, 6.07) is 14.9. The molecule has 0 unspecified atom stereocenters. The minimum Gasteiger partial charge on any atom is -0.352 e. The molecular weight excluding hydrogens is 304 g/mol. The van der Waals surface area contributed by atoms with Gasteiger partial charge in [-0.3, -0.25) is 15.0 Å². The number of carbonyl (C=O) groups is 2. The lowest BCUT2D eigenvalue weighted by Gasteiger charge is -2.08. The second-order valence-electron chi connectivity index (χ2n) is 5.51. The van der Waals surface area contributed by atoms with Gasteiger partial charge in [-0.1, -0.05) is 29.8 Å². The van der Waals surface area contributed by atoms with Gasteiger partial charge in [0.15, 0.2) is 0 Å². The van der Waals surface area contributed by atoms with Gasteiger partial charge in [-0.25, -0.2) is 9.66 Å². The van der Waals surface area contributed by atoms with Crippen LogP contribution in [0.4, 0.5) is 0 Å². The predicted octanol–water partition coefficient (Wildman–Crippen LogP) is 2.23. The highest BCUT2D eigenvalue weighted by Crippen LogP contribution is 2.10. The Kier molecular flexibility index (Phi) is 4.56. The molecule has 1 aromatic heterocycles. The first kappa shape index (κ1) is 15.7. The molecule has 6 heteroatoms. The molecule has 2 aromatic carbocycles. The van der Waals surface area contributed by atoms with Gasteiger partial charge in [-0.05, 0) is 31.2 Å². The van der Waals surface area contributed by atoms with Crippen molar-refractivity contribution in [2.45, 2.75) is 13.3 Å². The Balaban J connectivity index is 1.52. The molecule has 0 aliphatic heterocycles. The topological polar surface area (TPSA) is 76.0 Å². The Labute approximate surface area is 139 Å². The maximum Gasteiger partial charge on any atom is 0.251 e. The molecule has 3 rings (SSSR count). The molecule has 0 saturated heterocycles. The number of imidazole rings is 1. The zero-order valence-corrected chi connectivity index (χ0v) is 13.3. The van der Waals surface area contributed by atoms with Crippen LogP contribution in [0.3, 0.4) is 0 Å². The van der Waals surface area contributed by atoms with E-state index in [0.717, 1.165) is 16.6 Å². The summed E-state index contributed by atoms with van der Waals surface area (Å²) in [6.07, 6.45) is 1.75. The van der Waals surface area contributed by atoms with E-state index in [2.05, 4.69) is 15.7 Å². The van der Waals surface area contributed by atoms with Crippen LogP contribution in [0.15, 0.2) is 54.9 Å². The molecule has 0 saturated carbocycles. The Morgan fingerprint density at radius 2 is 1.96 bits per heavy atom. The molecule has 0 spiro atoms. The largest absolute Gasteiger partial charge is 0.352 e. The van der Waals surface area contributed by atoms with Gasteiger partial charge in [0.2, 0.25) is 5.91 Å². The van der Waals surface area contributed by atoms with E-state index in [1.54, 1.807) is 17.1 Å². The van der Waals surface area contributed by atoms with Gasteiger partial charge in [0.1, 0.15) is 6.33 Å². The molecule has 3 aromatic rings. The average Bonchev–Trinajstić information content (AvgIpc) is 2.98. The lowest BCUT2D eigenvalue weighted by atomic mass is 10.1. The van der Waals surface area contributed by atoms with Crippen LogP contribution >= 0.6 is 0 Å². The van der Waals surface area contributed by atoms with Crippen molar-refractivity contribution in [1.29, 1.82) is 0 Å². The first-order valence-electron chi connectivity index (χ1n) is 7.70. The van der Waals surface area contributed by atoms with Gasteiger partial charge in [-0.2, -0.15) is 0 Å². The number of aryl methyl sites for hydroxylation is 1. The lowest BCUT2D eigenvalue weighted by molar-refractivity contribution is -0.116. The summed E-state index contributed by atoms with van der Waals surface area (Å²) in [5.41, 5.74) is 6.00. The molecule has 0 atom stereocenters. The molecule has 0 bridgehead atoms. The molecule has 24 heavy (non-hydrogen) atoms. The summed E-state index contributed by atoms with van der Waals surface area (Å²) >= 11 is 0. The highest BCUT2D eigenvalue weighted by Gasteiger charge is 2.08. The van der Waals surface area contributed by atoms with Gasteiger partial charge < -0.3 is 5.32 Å². The molecule has 0 aliphatic carbocycles. The number of hydrogen-bond acceptors (Lipinski definition) is 3. The maximum atomic E-state index is 12.0. The smallest absolute Gasteiger partial charge is 0.251 e. The third kappa shape index (κ3) is 3.60. The number of nitrogens with zero attached hydrogens (tertiary/aromatic N) is 2. The van der Waals surface area contributed by atoms with E-state index in [0.29, 0.717) is 5.56 Å². The molecule has 2 N–H and O–H groups in total. The zero-order valence-electron chi connectivity index (χ0n) is 13.3. The number of fused-ring (bicyclic) bond motifs is 1. The van der Waals surface area contributed by atoms with Gasteiger partial charge in [0, 0.05) is 18.5 Å². The van der Waals surface area contributed by atoms with Crippen molar-refractivity contribution in [3.05, 3.63) is 66.0 Å². The van der Waals surface area contributed by atoms with Crippen LogP contribution in [0.2, 0.25) is 0 Å². The predicted molar refractivity (Wildman–Crippen MR) is 92.2 cm³/mol. The number of benzene rings is 2. The van der Waals surface area contributed by atoms with E-state index < -0.39 is 0 Å². The number of para-hydroxylation sites is 2. The van der Waals surface area contributed by atoms with Gasteiger partial charge in [0.25, 0.3) is 5.91 Å². The Hall–Kier alpha value is -3.15. The average molecular weight is 322 g/mol. The van der Waals surface area contributed by atoms with E-state index in [1.165, 1.54) is 0 Å². The Morgan fingerprint density at radius 3 is 2.79 bits per heavy atom. The van der Waals surface area contributed by atoms with Gasteiger partial charge in [-0.15, -0.1) is 0 Å². The number of hydrogen-bond donors (Lipinski definition) is 2. The molecule has 0 radical (unpaired) electrons. The number of aromatic nitrogens is 2. The first-order valence-corrected chi connectivity index (χ1v) is 7.70. The highest BCUT2D eigenvalue weighted by molar-refractivity contribution is 5.94. The van der Waals surface area contributed by atoms with Gasteiger partial charge in [0.05, 0.1) is 11.0 Å². The Bertz CT molecular complexity index is 885. The van der Waals surface area contributed by atoms with Crippen LogP contribution in [-0.4, -0.2) is 28.0 Å². The zero-order chi connectivity index (χ0) is 16.9. The third-order valence-electron chi connectivity index (χ3n) is 3.62.